The van der Waals surface area contributed by atoms with Gasteiger partial charge in [-0.3, -0.25) is 4.79 Å². The number of phenols is 1. The van der Waals surface area contributed by atoms with Crippen LogP contribution in [-0.2, 0) is 4.79 Å². The Bertz CT molecular complexity index is 635. The lowest BCUT2D eigenvalue weighted by Gasteiger charge is -2.13. The highest BCUT2D eigenvalue weighted by Crippen LogP contribution is 2.24. The summed E-state index contributed by atoms with van der Waals surface area (Å²) in [7, 11) is 0. The summed E-state index contributed by atoms with van der Waals surface area (Å²) in [5.41, 5.74) is 2.48. The predicted octanol–water partition coefficient (Wildman–Crippen LogP) is 3.40. The summed E-state index contributed by atoms with van der Waals surface area (Å²) in [5, 5.41) is 22.0. The number of hydrogen-bond acceptors (Lipinski definition) is 3. The third-order valence-corrected chi connectivity index (χ3v) is 3.33. The van der Waals surface area contributed by atoms with Crippen molar-refractivity contribution in [3.05, 3.63) is 48.5 Å². The zero-order valence-electron chi connectivity index (χ0n) is 12.8. The Balaban J connectivity index is 2.05. The van der Waals surface area contributed by atoms with Gasteiger partial charge in [0.05, 0.1) is 0 Å². The van der Waals surface area contributed by atoms with Gasteiger partial charge in [-0.2, -0.15) is 0 Å². The van der Waals surface area contributed by atoms with E-state index in [4.69, 9.17) is 0 Å². The first-order valence-corrected chi connectivity index (χ1v) is 7.34. The number of carbonyl (C=O) groups is 1. The van der Waals surface area contributed by atoms with Crippen molar-refractivity contribution >= 4 is 11.6 Å². The SMILES string of the molecule is CC(C)C[C@H](O)C(=O)Nc1ccc(-c2cccc(O)c2)cc1. The number of amides is 1. The van der Waals surface area contributed by atoms with E-state index in [1.807, 2.05) is 32.0 Å². The molecule has 0 unspecified atom stereocenters. The summed E-state index contributed by atoms with van der Waals surface area (Å²) in [6.07, 6.45) is -0.557. The van der Waals surface area contributed by atoms with Crippen molar-refractivity contribution in [3.8, 4) is 16.9 Å². The first-order chi connectivity index (χ1) is 10.5. The molecule has 2 aromatic rings. The molecular weight excluding hydrogens is 278 g/mol. The zero-order chi connectivity index (χ0) is 16.1. The van der Waals surface area contributed by atoms with Gasteiger partial charge in [0.2, 0.25) is 0 Å². The minimum atomic E-state index is -0.995. The van der Waals surface area contributed by atoms with E-state index in [1.54, 1.807) is 30.3 Å². The number of nitrogens with one attached hydrogen (secondary N) is 1. The Morgan fingerprint density at radius 3 is 2.36 bits per heavy atom. The third kappa shape index (κ3) is 4.33. The number of aliphatic hydroxyl groups excluding tert-OH is 1. The molecule has 0 radical (unpaired) electrons. The second kappa shape index (κ2) is 7.09. The maximum Gasteiger partial charge on any atom is 0.253 e. The quantitative estimate of drug-likeness (QED) is 0.792. The van der Waals surface area contributed by atoms with Crippen LogP contribution in [0.4, 0.5) is 5.69 Å². The molecule has 0 aliphatic heterocycles. The van der Waals surface area contributed by atoms with E-state index >= 15 is 0 Å². The summed E-state index contributed by atoms with van der Waals surface area (Å²) < 4.78 is 0. The van der Waals surface area contributed by atoms with E-state index in [1.165, 1.54) is 0 Å². The van der Waals surface area contributed by atoms with Gasteiger partial charge in [-0.15, -0.1) is 0 Å². The number of rotatable bonds is 5. The fourth-order valence-electron chi connectivity index (χ4n) is 2.21. The van der Waals surface area contributed by atoms with Crippen LogP contribution in [-0.4, -0.2) is 22.2 Å². The van der Waals surface area contributed by atoms with Crippen LogP contribution in [0.5, 0.6) is 5.75 Å². The van der Waals surface area contributed by atoms with E-state index < -0.39 is 6.10 Å². The number of aromatic hydroxyl groups is 1. The maximum absolute atomic E-state index is 11.9. The van der Waals surface area contributed by atoms with Crippen molar-refractivity contribution in [3.63, 3.8) is 0 Å². The van der Waals surface area contributed by atoms with Gasteiger partial charge in [-0.1, -0.05) is 38.1 Å². The molecule has 116 valence electrons. The molecule has 0 saturated heterocycles. The van der Waals surface area contributed by atoms with Crippen LogP contribution in [0.15, 0.2) is 48.5 Å². The van der Waals surface area contributed by atoms with Gasteiger partial charge in [0, 0.05) is 5.69 Å². The minimum Gasteiger partial charge on any atom is -0.508 e. The molecule has 1 amide bonds. The number of anilines is 1. The normalized spacial score (nSPS) is 12.2. The highest BCUT2D eigenvalue weighted by Gasteiger charge is 2.16. The Hall–Kier alpha value is -2.33. The van der Waals surface area contributed by atoms with Crippen LogP contribution in [0.3, 0.4) is 0 Å². The number of aliphatic hydroxyl groups is 1. The highest BCUT2D eigenvalue weighted by atomic mass is 16.3. The highest BCUT2D eigenvalue weighted by molar-refractivity contribution is 5.94. The third-order valence-electron chi connectivity index (χ3n) is 3.33. The Morgan fingerprint density at radius 1 is 1.09 bits per heavy atom. The van der Waals surface area contributed by atoms with Crippen molar-refractivity contribution in [1.29, 1.82) is 0 Å². The molecule has 2 aromatic carbocycles. The smallest absolute Gasteiger partial charge is 0.253 e. The number of carbonyl (C=O) groups excluding carboxylic acids is 1. The van der Waals surface area contributed by atoms with Gasteiger partial charge < -0.3 is 15.5 Å². The lowest BCUT2D eigenvalue weighted by molar-refractivity contribution is -0.124. The van der Waals surface area contributed by atoms with E-state index in [2.05, 4.69) is 5.32 Å². The molecule has 4 heteroatoms. The molecule has 0 aliphatic carbocycles. The van der Waals surface area contributed by atoms with Gasteiger partial charge in [0.1, 0.15) is 11.9 Å². The fourth-order valence-corrected chi connectivity index (χ4v) is 2.21. The van der Waals surface area contributed by atoms with Crippen molar-refractivity contribution in [2.45, 2.75) is 26.4 Å². The minimum absolute atomic E-state index is 0.215. The Labute approximate surface area is 130 Å². The van der Waals surface area contributed by atoms with Gasteiger partial charge in [0.25, 0.3) is 5.91 Å². The van der Waals surface area contributed by atoms with Gasteiger partial charge in [-0.25, -0.2) is 0 Å². The molecule has 22 heavy (non-hydrogen) atoms. The number of benzene rings is 2. The molecule has 3 N–H and O–H groups in total. The fraction of sp³-hybridized carbons (Fsp3) is 0.278. The average molecular weight is 299 g/mol. The summed E-state index contributed by atoms with van der Waals surface area (Å²) in [5.74, 6) is 0.0828. The maximum atomic E-state index is 11.9. The first-order valence-electron chi connectivity index (χ1n) is 7.34. The Morgan fingerprint density at radius 2 is 1.77 bits per heavy atom. The predicted molar refractivity (Wildman–Crippen MR) is 87.6 cm³/mol. The Kier molecular flexibility index (Phi) is 5.17. The second-order valence-electron chi connectivity index (χ2n) is 5.76. The first kappa shape index (κ1) is 16.0. The van der Waals surface area contributed by atoms with Crippen LogP contribution in [0.25, 0.3) is 11.1 Å². The zero-order valence-corrected chi connectivity index (χ0v) is 12.8. The van der Waals surface area contributed by atoms with E-state index in [-0.39, 0.29) is 17.6 Å². The topological polar surface area (TPSA) is 69.6 Å². The molecule has 4 nitrogen and oxygen atoms in total. The van der Waals surface area contributed by atoms with Gasteiger partial charge in [-0.05, 0) is 47.7 Å². The standard InChI is InChI=1S/C18H21NO3/c1-12(2)10-17(21)18(22)19-15-8-6-13(7-9-15)14-4-3-5-16(20)11-14/h3-9,11-12,17,20-21H,10H2,1-2H3,(H,19,22)/t17-/m0/s1. The molecule has 0 aliphatic rings. The molecule has 2 rings (SSSR count). The van der Waals surface area contributed by atoms with Gasteiger partial charge in [0.15, 0.2) is 0 Å². The van der Waals surface area contributed by atoms with Gasteiger partial charge >= 0.3 is 0 Å². The van der Waals surface area contributed by atoms with Crippen LogP contribution in [0, 0.1) is 5.92 Å². The summed E-state index contributed by atoms with van der Waals surface area (Å²) >= 11 is 0. The molecule has 0 spiro atoms. The lowest BCUT2D eigenvalue weighted by atomic mass is 10.0. The molecule has 0 saturated carbocycles. The number of hydrogen-bond donors (Lipinski definition) is 3. The monoisotopic (exact) mass is 299 g/mol. The van der Waals surface area contributed by atoms with E-state index in [0.29, 0.717) is 12.1 Å². The van der Waals surface area contributed by atoms with Crippen molar-refractivity contribution in [1.82, 2.24) is 0 Å². The molecule has 0 bridgehead atoms. The molecule has 0 fully saturated rings. The van der Waals surface area contributed by atoms with E-state index in [9.17, 15) is 15.0 Å². The molecular formula is C18H21NO3. The van der Waals surface area contributed by atoms with Crippen molar-refractivity contribution < 1.29 is 15.0 Å². The average Bonchev–Trinajstić information content (AvgIpc) is 2.47. The van der Waals surface area contributed by atoms with Crippen LogP contribution >= 0.6 is 0 Å². The summed E-state index contributed by atoms with van der Waals surface area (Å²) in [6.45, 7) is 3.92. The largest absolute Gasteiger partial charge is 0.508 e. The van der Waals surface area contributed by atoms with Crippen LogP contribution in [0.1, 0.15) is 20.3 Å². The summed E-state index contributed by atoms with van der Waals surface area (Å²) in [6, 6.07) is 14.3. The van der Waals surface area contributed by atoms with Crippen LogP contribution < -0.4 is 5.32 Å². The lowest BCUT2D eigenvalue weighted by Crippen LogP contribution is -2.28. The van der Waals surface area contributed by atoms with E-state index in [0.717, 1.165) is 11.1 Å². The molecule has 0 heterocycles. The van der Waals surface area contributed by atoms with Crippen LogP contribution in [0.2, 0.25) is 0 Å². The van der Waals surface area contributed by atoms with Crippen molar-refractivity contribution in [2.24, 2.45) is 5.92 Å². The number of phenolic OH excluding ortho intramolecular Hbond substituents is 1. The molecule has 0 aromatic heterocycles. The molecule has 1 atom stereocenters. The van der Waals surface area contributed by atoms with Crippen molar-refractivity contribution in [2.75, 3.05) is 5.32 Å². The summed E-state index contributed by atoms with van der Waals surface area (Å²) in [4.78, 5) is 11.9. The second-order valence-corrected chi connectivity index (χ2v) is 5.76.